The average Bonchev–Trinajstić information content (AvgIpc) is 2.82. The first-order chi connectivity index (χ1) is 14.8. The van der Waals surface area contributed by atoms with Crippen LogP contribution in [0, 0.1) is 0 Å². The molecule has 0 spiro atoms. The number of thioether (sulfide) groups is 1. The first-order valence-electron chi connectivity index (χ1n) is 10.6. The zero-order valence-corrected chi connectivity index (χ0v) is 17.9. The number of benzene rings is 3. The Morgan fingerprint density at radius 3 is 1.73 bits per heavy atom. The third kappa shape index (κ3) is 4.45. The van der Waals surface area contributed by atoms with Gasteiger partial charge in [0.2, 0.25) is 5.91 Å². The van der Waals surface area contributed by atoms with Gasteiger partial charge in [-0.3, -0.25) is 4.79 Å². The van der Waals surface area contributed by atoms with E-state index in [0.717, 1.165) is 31.7 Å². The smallest absolute Gasteiger partial charge is 0.237 e. The predicted molar refractivity (Wildman–Crippen MR) is 126 cm³/mol. The Morgan fingerprint density at radius 2 is 1.27 bits per heavy atom. The van der Waals surface area contributed by atoms with Crippen LogP contribution in [-0.4, -0.2) is 30.8 Å². The van der Waals surface area contributed by atoms with Crippen molar-refractivity contribution in [1.29, 1.82) is 0 Å². The van der Waals surface area contributed by atoms with Crippen LogP contribution in [0.1, 0.15) is 29.5 Å². The van der Waals surface area contributed by atoms with Crippen LogP contribution >= 0.6 is 11.8 Å². The summed E-state index contributed by atoms with van der Waals surface area (Å²) < 4.78 is -0.286. The number of hydrogen-bond donors (Lipinski definition) is 2. The largest absolute Gasteiger partial charge is 0.353 e. The van der Waals surface area contributed by atoms with Crippen LogP contribution in [0.25, 0.3) is 0 Å². The molecule has 3 nitrogen and oxygen atoms in total. The Morgan fingerprint density at radius 1 is 0.767 bits per heavy atom. The normalized spacial score (nSPS) is 16.8. The molecule has 1 saturated heterocycles. The molecule has 4 rings (SSSR count). The monoisotopic (exact) mass is 416 g/mol. The zero-order valence-electron chi connectivity index (χ0n) is 17.1. The van der Waals surface area contributed by atoms with E-state index in [2.05, 4.69) is 102 Å². The third-order valence-corrected chi connectivity index (χ3v) is 7.26. The van der Waals surface area contributed by atoms with Crippen molar-refractivity contribution < 1.29 is 4.79 Å². The lowest BCUT2D eigenvalue weighted by Crippen LogP contribution is -2.52. The van der Waals surface area contributed by atoms with Crippen LogP contribution < -0.4 is 10.6 Å². The molecule has 0 saturated carbocycles. The molecule has 1 fully saturated rings. The number of hydrogen-bond acceptors (Lipinski definition) is 3. The van der Waals surface area contributed by atoms with Crippen LogP contribution in [0.3, 0.4) is 0 Å². The molecular weight excluding hydrogens is 388 g/mol. The Hall–Kier alpha value is -2.56. The van der Waals surface area contributed by atoms with Crippen molar-refractivity contribution in [3.05, 3.63) is 108 Å². The second-order valence-corrected chi connectivity index (χ2v) is 8.88. The van der Waals surface area contributed by atoms with E-state index in [4.69, 9.17) is 0 Å². The van der Waals surface area contributed by atoms with Crippen LogP contribution in [0.15, 0.2) is 91.0 Å². The van der Waals surface area contributed by atoms with E-state index < -0.39 is 0 Å². The first kappa shape index (κ1) is 20.7. The van der Waals surface area contributed by atoms with Crippen molar-refractivity contribution in [3.8, 4) is 0 Å². The van der Waals surface area contributed by atoms with Crippen LogP contribution in [0.4, 0.5) is 0 Å². The minimum absolute atomic E-state index is 0.0704. The van der Waals surface area contributed by atoms with E-state index in [1.54, 1.807) is 0 Å². The lowest BCUT2D eigenvalue weighted by molar-refractivity contribution is -0.124. The van der Waals surface area contributed by atoms with E-state index >= 15 is 0 Å². The van der Waals surface area contributed by atoms with E-state index in [1.807, 2.05) is 11.8 Å². The van der Waals surface area contributed by atoms with Crippen molar-refractivity contribution >= 4 is 17.7 Å². The van der Waals surface area contributed by atoms with Gasteiger partial charge in [-0.15, -0.1) is 11.8 Å². The summed E-state index contributed by atoms with van der Waals surface area (Å²) in [5.41, 5.74) is 3.84. The highest BCUT2D eigenvalue weighted by atomic mass is 32.2. The van der Waals surface area contributed by atoms with Crippen molar-refractivity contribution in [3.63, 3.8) is 0 Å². The van der Waals surface area contributed by atoms with E-state index in [-0.39, 0.29) is 16.7 Å². The topological polar surface area (TPSA) is 41.1 Å². The van der Waals surface area contributed by atoms with E-state index in [1.165, 1.54) is 16.7 Å². The maximum absolute atomic E-state index is 12.1. The standard InChI is InChI=1S/C26H28N2OS/c29-25-24(27-18-19-28-25)17-10-20-30-26(21-11-4-1-5-12-21,22-13-6-2-7-14-22)23-15-8-3-9-16-23/h1-9,11-16,24,27H,10,17-20H2,(H,28,29). The molecule has 4 heteroatoms. The molecule has 1 atom stereocenters. The van der Waals surface area contributed by atoms with Gasteiger partial charge in [-0.1, -0.05) is 91.0 Å². The van der Waals surface area contributed by atoms with Gasteiger partial charge in [0.15, 0.2) is 0 Å². The van der Waals surface area contributed by atoms with Crippen LogP contribution in [0.5, 0.6) is 0 Å². The predicted octanol–water partition coefficient (Wildman–Crippen LogP) is 4.58. The fraction of sp³-hybridized carbons (Fsp3) is 0.269. The minimum atomic E-state index is -0.286. The number of rotatable bonds is 8. The fourth-order valence-electron chi connectivity index (χ4n) is 4.16. The van der Waals surface area contributed by atoms with E-state index in [0.29, 0.717) is 0 Å². The Labute approximate surface area is 183 Å². The summed E-state index contributed by atoms with van der Waals surface area (Å²) in [6.07, 6.45) is 1.83. The summed E-state index contributed by atoms with van der Waals surface area (Å²) in [5, 5.41) is 6.30. The highest BCUT2D eigenvalue weighted by Gasteiger charge is 2.36. The quantitative estimate of drug-likeness (QED) is 0.417. The molecule has 1 heterocycles. The lowest BCUT2D eigenvalue weighted by atomic mass is 9.84. The number of amides is 1. The van der Waals surface area contributed by atoms with Crippen LogP contribution in [-0.2, 0) is 9.54 Å². The number of nitrogens with one attached hydrogen (secondary N) is 2. The number of carbonyl (C=O) groups excluding carboxylic acids is 1. The van der Waals surface area contributed by atoms with Crippen molar-refractivity contribution in [2.24, 2.45) is 0 Å². The third-order valence-electron chi connectivity index (χ3n) is 5.63. The summed E-state index contributed by atoms with van der Waals surface area (Å²) in [6.45, 7) is 1.58. The maximum Gasteiger partial charge on any atom is 0.237 e. The van der Waals surface area contributed by atoms with Crippen molar-refractivity contribution in [1.82, 2.24) is 10.6 Å². The summed E-state index contributed by atoms with van der Waals surface area (Å²) in [7, 11) is 0. The minimum Gasteiger partial charge on any atom is -0.353 e. The highest BCUT2D eigenvalue weighted by molar-refractivity contribution is 8.00. The zero-order chi connectivity index (χ0) is 20.7. The second kappa shape index (κ2) is 9.96. The molecule has 1 aliphatic heterocycles. The molecule has 1 amide bonds. The molecule has 2 N–H and O–H groups in total. The Bertz CT molecular complexity index is 834. The summed E-state index contributed by atoms with van der Waals surface area (Å²) in [5.74, 6) is 1.09. The summed E-state index contributed by atoms with van der Waals surface area (Å²) in [4.78, 5) is 12.1. The van der Waals surface area contributed by atoms with Crippen molar-refractivity contribution in [2.75, 3.05) is 18.8 Å². The lowest BCUT2D eigenvalue weighted by Gasteiger charge is -2.35. The molecule has 154 valence electrons. The number of carbonyl (C=O) groups is 1. The molecule has 0 aromatic heterocycles. The van der Waals surface area contributed by atoms with Gasteiger partial charge >= 0.3 is 0 Å². The van der Waals surface area contributed by atoms with Gasteiger partial charge in [0.25, 0.3) is 0 Å². The van der Waals surface area contributed by atoms with Gasteiger partial charge in [-0.25, -0.2) is 0 Å². The molecule has 30 heavy (non-hydrogen) atoms. The van der Waals surface area contributed by atoms with Gasteiger partial charge < -0.3 is 10.6 Å². The molecule has 0 aliphatic carbocycles. The van der Waals surface area contributed by atoms with Gasteiger partial charge in [0.05, 0.1) is 10.8 Å². The van der Waals surface area contributed by atoms with Crippen LogP contribution in [0.2, 0.25) is 0 Å². The molecule has 0 bridgehead atoms. The van der Waals surface area contributed by atoms with Gasteiger partial charge in [-0.2, -0.15) is 0 Å². The molecular formula is C26H28N2OS. The van der Waals surface area contributed by atoms with Gasteiger partial charge in [0.1, 0.15) is 0 Å². The maximum atomic E-state index is 12.1. The summed E-state index contributed by atoms with van der Waals surface area (Å²) in [6, 6.07) is 32.2. The Balaban J connectivity index is 1.64. The average molecular weight is 417 g/mol. The number of piperazine rings is 1. The fourth-order valence-corrected chi connectivity index (χ4v) is 5.69. The Kier molecular flexibility index (Phi) is 6.88. The van der Waals surface area contributed by atoms with E-state index in [9.17, 15) is 4.79 Å². The summed E-state index contributed by atoms with van der Waals surface area (Å²) >= 11 is 1.96. The first-order valence-corrected chi connectivity index (χ1v) is 11.6. The SMILES string of the molecule is O=C1NCCNC1CCCSC(c1ccccc1)(c1ccccc1)c1ccccc1. The second-order valence-electron chi connectivity index (χ2n) is 7.57. The highest BCUT2D eigenvalue weighted by Crippen LogP contribution is 2.48. The van der Waals surface area contributed by atoms with Gasteiger partial charge in [-0.05, 0) is 35.3 Å². The van der Waals surface area contributed by atoms with Gasteiger partial charge in [0, 0.05) is 13.1 Å². The molecule has 1 aliphatic rings. The molecule has 3 aromatic carbocycles. The molecule has 0 radical (unpaired) electrons. The molecule has 1 unspecified atom stereocenters. The van der Waals surface area contributed by atoms with Crippen molar-refractivity contribution in [2.45, 2.75) is 23.6 Å². The molecule has 3 aromatic rings.